The first-order valence-corrected chi connectivity index (χ1v) is 7.33. The van der Waals surface area contributed by atoms with Gasteiger partial charge in [-0.25, -0.2) is 0 Å². The number of hydrogen-bond acceptors (Lipinski definition) is 4. The van der Waals surface area contributed by atoms with E-state index in [9.17, 15) is 0 Å². The fourth-order valence-electron chi connectivity index (χ4n) is 3.36. The lowest BCUT2D eigenvalue weighted by molar-refractivity contribution is -0.0655. The Morgan fingerprint density at radius 3 is 2.75 bits per heavy atom. The second-order valence-electron chi connectivity index (χ2n) is 5.60. The van der Waals surface area contributed by atoms with E-state index in [0.717, 1.165) is 31.9 Å². The van der Waals surface area contributed by atoms with Gasteiger partial charge in [-0.3, -0.25) is 4.90 Å². The van der Waals surface area contributed by atoms with E-state index in [1.54, 1.807) is 14.2 Å². The van der Waals surface area contributed by atoms with E-state index in [2.05, 4.69) is 17.0 Å². The van der Waals surface area contributed by atoms with E-state index in [1.807, 2.05) is 12.1 Å². The van der Waals surface area contributed by atoms with Gasteiger partial charge in [0.2, 0.25) is 0 Å². The number of hydrogen-bond donors (Lipinski definition) is 0. The Morgan fingerprint density at radius 1 is 1.25 bits per heavy atom. The molecule has 0 unspecified atom stereocenters. The zero-order valence-electron chi connectivity index (χ0n) is 12.2. The molecule has 2 aliphatic heterocycles. The van der Waals surface area contributed by atoms with Crippen molar-refractivity contribution in [2.45, 2.75) is 37.6 Å². The van der Waals surface area contributed by atoms with E-state index in [-0.39, 0.29) is 12.2 Å². The highest BCUT2D eigenvalue weighted by atomic mass is 16.5. The van der Waals surface area contributed by atoms with Crippen LogP contribution in [-0.4, -0.2) is 50.5 Å². The van der Waals surface area contributed by atoms with Crippen LogP contribution in [-0.2, 0) is 16.0 Å². The van der Waals surface area contributed by atoms with Crippen LogP contribution in [0.3, 0.4) is 0 Å². The summed E-state index contributed by atoms with van der Waals surface area (Å²) >= 11 is 0. The van der Waals surface area contributed by atoms with Crippen molar-refractivity contribution in [1.82, 2.24) is 4.90 Å². The molecule has 0 aliphatic carbocycles. The second-order valence-corrected chi connectivity index (χ2v) is 5.60. The van der Waals surface area contributed by atoms with Crippen LogP contribution >= 0.6 is 0 Å². The van der Waals surface area contributed by atoms with Crippen molar-refractivity contribution in [3.8, 4) is 5.75 Å². The molecule has 0 N–H and O–H groups in total. The summed E-state index contributed by atoms with van der Waals surface area (Å²) in [6.07, 6.45) is 2.81. The minimum atomic E-state index is 0.207. The van der Waals surface area contributed by atoms with Gasteiger partial charge in [0, 0.05) is 32.8 Å². The molecular formula is C16H23NO3. The highest BCUT2D eigenvalue weighted by Gasteiger charge is 2.43. The molecular weight excluding hydrogens is 254 g/mol. The summed E-state index contributed by atoms with van der Waals surface area (Å²) in [4.78, 5) is 2.50. The van der Waals surface area contributed by atoms with Crippen molar-refractivity contribution in [2.24, 2.45) is 0 Å². The summed E-state index contributed by atoms with van der Waals surface area (Å²) in [6.45, 7) is 2.78. The molecule has 0 saturated carbocycles. The molecule has 4 heteroatoms. The Bertz CT molecular complexity index is 434. The van der Waals surface area contributed by atoms with Gasteiger partial charge in [-0.1, -0.05) is 12.1 Å². The number of methoxy groups -OCH3 is 2. The molecule has 0 spiro atoms. The summed E-state index contributed by atoms with van der Waals surface area (Å²) in [7, 11) is 3.49. The van der Waals surface area contributed by atoms with Crippen LogP contribution in [0.2, 0.25) is 0 Å². The number of ether oxygens (including phenoxy) is 3. The minimum Gasteiger partial charge on any atom is -0.497 e. The van der Waals surface area contributed by atoms with E-state index < -0.39 is 0 Å². The fourth-order valence-corrected chi connectivity index (χ4v) is 3.36. The molecule has 0 amide bonds. The molecule has 3 atom stereocenters. The molecule has 0 radical (unpaired) electrons. The quantitative estimate of drug-likeness (QED) is 0.843. The van der Waals surface area contributed by atoms with Crippen LogP contribution in [0, 0.1) is 0 Å². The van der Waals surface area contributed by atoms with Crippen molar-refractivity contribution in [3.63, 3.8) is 0 Å². The van der Waals surface area contributed by atoms with Crippen LogP contribution in [0.15, 0.2) is 24.3 Å². The van der Waals surface area contributed by atoms with Crippen LogP contribution < -0.4 is 4.74 Å². The minimum absolute atomic E-state index is 0.207. The third-order valence-electron chi connectivity index (χ3n) is 4.43. The van der Waals surface area contributed by atoms with Crippen molar-refractivity contribution in [2.75, 3.05) is 27.4 Å². The average Bonchev–Trinajstić information content (AvgIpc) is 2.86. The summed E-state index contributed by atoms with van der Waals surface area (Å²) < 4.78 is 16.7. The predicted octanol–water partition coefficient (Wildman–Crippen LogP) is 2.07. The Balaban J connectivity index is 1.69. The average molecular weight is 277 g/mol. The standard InChI is InChI=1S/C16H23NO3/c1-18-13-7-5-12(6-8-13)10-17-11-15(19-2)16-14(17)4-3-9-20-16/h5-8,14-16H,3-4,9-11H2,1-2H3/t14-,15+,16+/m0/s1. The maximum atomic E-state index is 5.92. The van der Waals surface area contributed by atoms with Crippen molar-refractivity contribution >= 4 is 0 Å². The smallest absolute Gasteiger partial charge is 0.118 e. The second kappa shape index (κ2) is 6.12. The van der Waals surface area contributed by atoms with Crippen molar-refractivity contribution in [3.05, 3.63) is 29.8 Å². The van der Waals surface area contributed by atoms with Gasteiger partial charge in [-0.15, -0.1) is 0 Å². The van der Waals surface area contributed by atoms with Crippen molar-refractivity contribution in [1.29, 1.82) is 0 Å². The predicted molar refractivity (Wildman–Crippen MR) is 77.0 cm³/mol. The molecule has 2 fully saturated rings. The topological polar surface area (TPSA) is 30.9 Å². The molecule has 0 aromatic heterocycles. The zero-order valence-corrected chi connectivity index (χ0v) is 12.2. The molecule has 2 heterocycles. The first kappa shape index (κ1) is 13.9. The van der Waals surface area contributed by atoms with Crippen molar-refractivity contribution < 1.29 is 14.2 Å². The van der Waals surface area contributed by atoms with E-state index in [0.29, 0.717) is 6.04 Å². The Morgan fingerprint density at radius 2 is 2.05 bits per heavy atom. The summed E-state index contributed by atoms with van der Waals surface area (Å²) in [5.41, 5.74) is 1.31. The van der Waals surface area contributed by atoms with Gasteiger partial charge in [-0.2, -0.15) is 0 Å². The van der Waals surface area contributed by atoms with Gasteiger partial charge in [0.05, 0.1) is 13.2 Å². The maximum Gasteiger partial charge on any atom is 0.118 e. The highest BCUT2D eigenvalue weighted by molar-refractivity contribution is 5.27. The number of nitrogens with zero attached hydrogens (tertiary/aromatic N) is 1. The third kappa shape index (κ3) is 2.68. The number of likely N-dealkylation sites (tertiary alicyclic amines) is 1. The Hall–Kier alpha value is -1.10. The number of fused-ring (bicyclic) bond motifs is 1. The van der Waals surface area contributed by atoms with E-state index >= 15 is 0 Å². The van der Waals surface area contributed by atoms with Gasteiger partial charge >= 0.3 is 0 Å². The van der Waals surface area contributed by atoms with Gasteiger partial charge in [0.1, 0.15) is 11.9 Å². The monoisotopic (exact) mass is 277 g/mol. The van der Waals surface area contributed by atoms with Gasteiger partial charge < -0.3 is 14.2 Å². The number of benzene rings is 1. The Labute approximate surface area is 120 Å². The molecule has 1 aromatic rings. The lowest BCUT2D eigenvalue weighted by Gasteiger charge is -2.32. The first-order valence-electron chi connectivity index (χ1n) is 7.33. The molecule has 3 rings (SSSR count). The third-order valence-corrected chi connectivity index (χ3v) is 4.43. The van der Waals surface area contributed by atoms with Crippen LogP contribution in [0.1, 0.15) is 18.4 Å². The van der Waals surface area contributed by atoms with Gasteiger partial charge in [0.15, 0.2) is 0 Å². The largest absolute Gasteiger partial charge is 0.497 e. The molecule has 2 aliphatic rings. The highest BCUT2D eigenvalue weighted by Crippen LogP contribution is 2.31. The molecule has 20 heavy (non-hydrogen) atoms. The zero-order chi connectivity index (χ0) is 13.9. The van der Waals surface area contributed by atoms with E-state index in [1.165, 1.54) is 12.0 Å². The lowest BCUT2D eigenvalue weighted by Crippen LogP contribution is -2.41. The fraction of sp³-hybridized carbons (Fsp3) is 0.625. The first-order chi connectivity index (χ1) is 9.81. The normalized spacial score (nSPS) is 30.2. The number of rotatable bonds is 4. The molecule has 1 aromatic carbocycles. The molecule has 110 valence electrons. The molecule has 4 nitrogen and oxygen atoms in total. The Kier molecular flexibility index (Phi) is 4.24. The van der Waals surface area contributed by atoms with E-state index in [4.69, 9.17) is 14.2 Å². The lowest BCUT2D eigenvalue weighted by atomic mass is 10.0. The van der Waals surface area contributed by atoms with Gasteiger partial charge in [0.25, 0.3) is 0 Å². The maximum absolute atomic E-state index is 5.92. The summed E-state index contributed by atoms with van der Waals surface area (Å²) in [5, 5.41) is 0. The van der Waals surface area contributed by atoms with Crippen LogP contribution in [0.25, 0.3) is 0 Å². The summed E-state index contributed by atoms with van der Waals surface area (Å²) in [5.74, 6) is 0.906. The molecule has 0 bridgehead atoms. The SMILES string of the molecule is COc1ccc(CN2C[C@@H](OC)[C@@H]3OCCC[C@@H]32)cc1. The molecule has 2 saturated heterocycles. The van der Waals surface area contributed by atoms with Gasteiger partial charge in [-0.05, 0) is 30.5 Å². The summed E-state index contributed by atoms with van der Waals surface area (Å²) in [6, 6.07) is 8.81. The van der Waals surface area contributed by atoms with Crippen LogP contribution in [0.4, 0.5) is 0 Å². The van der Waals surface area contributed by atoms with Crippen LogP contribution in [0.5, 0.6) is 5.75 Å².